The average molecular weight is 371 g/mol. The van der Waals surface area contributed by atoms with Gasteiger partial charge in [0.25, 0.3) is 0 Å². The minimum Gasteiger partial charge on any atom is -0.496 e. The predicted octanol–water partition coefficient (Wildman–Crippen LogP) is 3.37. The first-order valence-electron chi connectivity index (χ1n) is 6.93. The van der Waals surface area contributed by atoms with Crippen molar-refractivity contribution in [1.82, 2.24) is 20.0 Å². The van der Waals surface area contributed by atoms with E-state index in [0.29, 0.717) is 22.8 Å². The molecule has 0 aliphatic rings. The van der Waals surface area contributed by atoms with E-state index in [9.17, 15) is 18.0 Å². The highest BCUT2D eigenvalue weighted by Gasteiger charge is 2.31. The first-order chi connectivity index (χ1) is 11.9. The molecule has 0 aliphatic carbocycles. The molecule has 2 aromatic heterocycles. The number of carbonyl (C=O) groups is 1. The third-order valence-corrected chi connectivity index (χ3v) is 3.81. The van der Waals surface area contributed by atoms with Gasteiger partial charge >= 0.3 is 6.18 Å². The topological polar surface area (TPSA) is 69.9 Å². The molecule has 0 spiro atoms. The molecule has 10 heteroatoms. The lowest BCUT2D eigenvalue weighted by atomic mass is 10.0. The first-order valence-corrected chi connectivity index (χ1v) is 7.31. The van der Waals surface area contributed by atoms with E-state index < -0.39 is 11.7 Å². The fourth-order valence-corrected chi connectivity index (χ4v) is 2.68. The molecule has 0 amide bonds. The van der Waals surface area contributed by atoms with Gasteiger partial charge < -0.3 is 9.53 Å². The van der Waals surface area contributed by atoms with Crippen molar-refractivity contribution in [3.8, 4) is 17.0 Å². The van der Waals surface area contributed by atoms with Gasteiger partial charge in [-0.25, -0.2) is 0 Å². The zero-order valence-electron chi connectivity index (χ0n) is 12.7. The fraction of sp³-hybridized carbons (Fsp3) is 0.200. The van der Waals surface area contributed by atoms with Gasteiger partial charge in [-0.05, 0) is 18.2 Å². The lowest BCUT2D eigenvalue weighted by molar-refractivity contribution is -0.137. The number of halogens is 4. The standard InChI is InChI=1S/C15H10ClF3N4O2/c1-25-11-6-8(15(17,18)19)2-3-9(11)12-10-7-20-23(4-5-24)13(10)14(16)22-21-12/h2-3,5-7H,4H2,1H3. The number of hydrogen-bond acceptors (Lipinski definition) is 5. The van der Waals surface area contributed by atoms with Crippen molar-refractivity contribution in [2.75, 3.05) is 7.11 Å². The lowest BCUT2D eigenvalue weighted by Crippen LogP contribution is -2.06. The Kier molecular flexibility index (Phi) is 4.34. The second kappa shape index (κ2) is 6.32. The molecule has 3 rings (SSSR count). The number of hydrogen-bond donors (Lipinski definition) is 0. The third kappa shape index (κ3) is 3.02. The average Bonchev–Trinajstić information content (AvgIpc) is 2.99. The molecule has 0 fully saturated rings. The minimum absolute atomic E-state index is 0.0177. The van der Waals surface area contributed by atoms with Gasteiger partial charge in [-0.2, -0.15) is 18.3 Å². The Morgan fingerprint density at radius 3 is 2.72 bits per heavy atom. The van der Waals surface area contributed by atoms with Gasteiger partial charge in [0.2, 0.25) is 0 Å². The second-order valence-corrected chi connectivity index (χ2v) is 5.37. The van der Waals surface area contributed by atoms with E-state index in [-0.39, 0.29) is 23.1 Å². The summed E-state index contributed by atoms with van der Waals surface area (Å²) in [5.41, 5.74) is 0.0704. The normalized spacial score (nSPS) is 11.7. The van der Waals surface area contributed by atoms with Crippen LogP contribution in [0.2, 0.25) is 5.15 Å². The number of carbonyl (C=O) groups excluding carboxylic acids is 1. The number of ether oxygens (including phenoxy) is 1. The van der Waals surface area contributed by atoms with Gasteiger partial charge in [0.15, 0.2) is 5.15 Å². The molecule has 2 heterocycles. The van der Waals surface area contributed by atoms with E-state index in [2.05, 4.69) is 15.3 Å². The number of methoxy groups -OCH3 is 1. The van der Waals surface area contributed by atoms with Gasteiger partial charge in [-0.3, -0.25) is 4.68 Å². The molecule has 0 unspecified atom stereocenters. The summed E-state index contributed by atoms with van der Waals surface area (Å²) in [6.45, 7) is -0.0432. The number of alkyl halides is 3. The Labute approximate surface area is 144 Å². The Morgan fingerprint density at radius 1 is 1.32 bits per heavy atom. The number of aromatic nitrogens is 4. The Hall–Kier alpha value is -2.68. The van der Waals surface area contributed by atoms with E-state index in [1.165, 1.54) is 24.1 Å². The summed E-state index contributed by atoms with van der Waals surface area (Å²) in [4.78, 5) is 10.7. The quantitative estimate of drug-likeness (QED) is 0.658. The maximum absolute atomic E-state index is 12.9. The summed E-state index contributed by atoms with van der Waals surface area (Å²) in [7, 11) is 1.26. The molecule has 0 saturated heterocycles. The maximum atomic E-state index is 12.9. The monoisotopic (exact) mass is 370 g/mol. The Morgan fingerprint density at radius 2 is 2.08 bits per heavy atom. The molecule has 0 radical (unpaired) electrons. The van der Waals surface area contributed by atoms with Gasteiger partial charge in [-0.15, -0.1) is 10.2 Å². The largest absolute Gasteiger partial charge is 0.496 e. The van der Waals surface area contributed by atoms with Gasteiger partial charge in [0.05, 0.1) is 30.8 Å². The van der Waals surface area contributed by atoms with E-state index in [4.69, 9.17) is 16.3 Å². The third-order valence-electron chi connectivity index (χ3n) is 3.56. The highest BCUT2D eigenvalue weighted by molar-refractivity contribution is 6.34. The number of aldehydes is 1. The van der Waals surface area contributed by atoms with Crippen LogP contribution in [0.3, 0.4) is 0 Å². The van der Waals surface area contributed by atoms with Crippen molar-refractivity contribution in [3.63, 3.8) is 0 Å². The smallest absolute Gasteiger partial charge is 0.416 e. The van der Waals surface area contributed by atoms with Gasteiger partial charge in [0.1, 0.15) is 23.2 Å². The second-order valence-electron chi connectivity index (χ2n) is 5.01. The fourth-order valence-electron chi connectivity index (χ4n) is 2.44. The molecule has 6 nitrogen and oxygen atoms in total. The Bertz CT molecular complexity index is 956. The van der Waals surface area contributed by atoms with Crippen molar-refractivity contribution in [3.05, 3.63) is 35.1 Å². The Balaban J connectivity index is 2.23. The summed E-state index contributed by atoms with van der Waals surface area (Å²) in [5.74, 6) is -0.0177. The molecular weight excluding hydrogens is 361 g/mol. The molecule has 0 bridgehead atoms. The molecule has 25 heavy (non-hydrogen) atoms. The van der Waals surface area contributed by atoms with E-state index >= 15 is 0 Å². The van der Waals surface area contributed by atoms with Crippen molar-refractivity contribution < 1.29 is 22.7 Å². The van der Waals surface area contributed by atoms with Gasteiger partial charge in [-0.1, -0.05) is 11.6 Å². The van der Waals surface area contributed by atoms with Crippen LogP contribution in [0, 0.1) is 0 Å². The number of benzene rings is 1. The van der Waals surface area contributed by atoms with Crippen LogP contribution in [0.1, 0.15) is 5.56 Å². The van der Waals surface area contributed by atoms with E-state index in [1.807, 2.05) is 0 Å². The van der Waals surface area contributed by atoms with Crippen LogP contribution in [-0.4, -0.2) is 33.4 Å². The number of nitrogens with zero attached hydrogens (tertiary/aromatic N) is 4. The number of rotatable bonds is 4. The molecule has 0 N–H and O–H groups in total. The summed E-state index contributed by atoms with van der Waals surface area (Å²) >= 11 is 6.03. The lowest BCUT2D eigenvalue weighted by Gasteiger charge is -2.12. The molecule has 3 aromatic rings. The highest BCUT2D eigenvalue weighted by atomic mass is 35.5. The molecule has 130 valence electrons. The van der Waals surface area contributed by atoms with Crippen LogP contribution in [0.5, 0.6) is 5.75 Å². The highest BCUT2D eigenvalue weighted by Crippen LogP contribution is 2.39. The zero-order valence-corrected chi connectivity index (χ0v) is 13.5. The van der Waals surface area contributed by atoms with Crippen LogP contribution in [-0.2, 0) is 17.5 Å². The summed E-state index contributed by atoms with van der Waals surface area (Å²) in [5, 5.41) is 12.3. The predicted molar refractivity (Wildman–Crippen MR) is 83.4 cm³/mol. The van der Waals surface area contributed by atoms with Crippen LogP contribution < -0.4 is 4.74 Å². The SMILES string of the molecule is COc1cc(C(F)(F)F)ccc1-c1nnc(Cl)c2c1cnn2CC=O. The van der Waals surface area contributed by atoms with Gasteiger partial charge in [0, 0.05) is 5.56 Å². The summed E-state index contributed by atoms with van der Waals surface area (Å²) in [6.07, 6.45) is -2.44. The molecular formula is C15H10ClF3N4O2. The maximum Gasteiger partial charge on any atom is 0.416 e. The van der Waals surface area contributed by atoms with Crippen molar-refractivity contribution >= 4 is 28.8 Å². The van der Waals surface area contributed by atoms with Crippen molar-refractivity contribution in [2.45, 2.75) is 12.7 Å². The molecule has 0 saturated carbocycles. The van der Waals surface area contributed by atoms with Crippen LogP contribution in [0.4, 0.5) is 13.2 Å². The molecule has 0 atom stereocenters. The van der Waals surface area contributed by atoms with E-state index in [0.717, 1.165) is 12.1 Å². The summed E-state index contributed by atoms with van der Waals surface area (Å²) in [6, 6.07) is 3.05. The van der Waals surface area contributed by atoms with Crippen LogP contribution in [0.25, 0.3) is 22.2 Å². The van der Waals surface area contributed by atoms with Crippen LogP contribution >= 0.6 is 11.6 Å². The zero-order chi connectivity index (χ0) is 18.2. The first kappa shape index (κ1) is 17.2. The van der Waals surface area contributed by atoms with E-state index in [1.54, 1.807) is 0 Å². The molecule has 0 aliphatic heterocycles. The minimum atomic E-state index is -4.50. The van der Waals surface area contributed by atoms with Crippen LogP contribution in [0.15, 0.2) is 24.4 Å². The van der Waals surface area contributed by atoms with Crippen molar-refractivity contribution in [1.29, 1.82) is 0 Å². The number of fused-ring (bicyclic) bond motifs is 1. The van der Waals surface area contributed by atoms with Crippen molar-refractivity contribution in [2.24, 2.45) is 0 Å². The summed E-state index contributed by atoms with van der Waals surface area (Å²) < 4.78 is 45.1. The molecule has 1 aromatic carbocycles.